The predicted octanol–water partition coefficient (Wildman–Crippen LogP) is 2.13. The Balaban J connectivity index is 0. The van der Waals surface area contributed by atoms with Crippen LogP contribution in [0, 0.1) is 0 Å². The maximum atomic E-state index is 9.34. The molecule has 0 radical (unpaired) electrons. The van der Waals surface area contributed by atoms with Gasteiger partial charge in [-0.05, 0) is 33.9 Å². The highest BCUT2D eigenvalue weighted by atomic mass is 16.3. The van der Waals surface area contributed by atoms with E-state index >= 15 is 0 Å². The molecule has 0 amide bonds. The van der Waals surface area contributed by atoms with Gasteiger partial charge >= 0.3 is 0 Å². The van der Waals surface area contributed by atoms with Crippen LogP contribution in [-0.4, -0.2) is 35.7 Å². The van der Waals surface area contributed by atoms with Gasteiger partial charge in [-0.3, -0.25) is 0 Å². The molecule has 1 N–H and O–H groups in total. The Morgan fingerprint density at radius 1 is 1.25 bits per heavy atom. The first-order chi connectivity index (χ1) is 5.45. The second-order valence-electron chi connectivity index (χ2n) is 3.46. The maximum absolute atomic E-state index is 9.34. The van der Waals surface area contributed by atoms with Crippen LogP contribution in [0.4, 0.5) is 0 Å². The lowest BCUT2D eigenvalue weighted by molar-refractivity contribution is 0.0613. The van der Waals surface area contributed by atoms with Crippen molar-refractivity contribution in [1.82, 2.24) is 4.90 Å². The molecule has 0 unspecified atom stereocenters. The quantitative estimate of drug-likeness (QED) is 0.707. The van der Waals surface area contributed by atoms with Gasteiger partial charge in [-0.2, -0.15) is 0 Å². The summed E-state index contributed by atoms with van der Waals surface area (Å²) in [6.45, 7) is 11.8. The second kappa shape index (κ2) is 7.56. The molecule has 2 heteroatoms. The van der Waals surface area contributed by atoms with Crippen LogP contribution in [0.25, 0.3) is 0 Å². The fourth-order valence-electron chi connectivity index (χ4n) is 0.623. The molecule has 0 aliphatic rings. The van der Waals surface area contributed by atoms with E-state index in [-0.39, 0.29) is 0 Å². The minimum absolute atomic E-state index is 0.510. The largest absolute Gasteiger partial charge is 0.390 e. The van der Waals surface area contributed by atoms with Gasteiger partial charge in [-0.25, -0.2) is 0 Å². The van der Waals surface area contributed by atoms with Crippen molar-refractivity contribution in [2.75, 3.05) is 20.1 Å². The molecule has 0 aromatic carbocycles. The van der Waals surface area contributed by atoms with Crippen LogP contribution in [0.3, 0.4) is 0 Å². The van der Waals surface area contributed by atoms with Crippen molar-refractivity contribution in [2.45, 2.75) is 46.6 Å². The molecule has 0 bridgehead atoms. The normalized spacial score (nSPS) is 11.0. The molecule has 0 aromatic rings. The summed E-state index contributed by atoms with van der Waals surface area (Å²) in [5.74, 6) is 0. The van der Waals surface area contributed by atoms with Crippen LogP contribution >= 0.6 is 0 Å². The van der Waals surface area contributed by atoms with Gasteiger partial charge in [0.1, 0.15) is 0 Å². The van der Waals surface area contributed by atoms with E-state index in [9.17, 15) is 5.11 Å². The number of aliphatic hydroxyl groups is 1. The predicted molar refractivity (Wildman–Crippen MR) is 55.4 cm³/mol. The van der Waals surface area contributed by atoms with Crippen LogP contribution in [0.2, 0.25) is 0 Å². The van der Waals surface area contributed by atoms with Gasteiger partial charge < -0.3 is 10.0 Å². The van der Waals surface area contributed by atoms with Crippen LogP contribution in [0.15, 0.2) is 0 Å². The second-order valence-corrected chi connectivity index (χ2v) is 3.46. The van der Waals surface area contributed by atoms with Gasteiger partial charge in [0.05, 0.1) is 5.60 Å². The van der Waals surface area contributed by atoms with Gasteiger partial charge in [-0.1, -0.05) is 20.8 Å². The van der Waals surface area contributed by atoms with Gasteiger partial charge in [0.2, 0.25) is 0 Å². The van der Waals surface area contributed by atoms with Crippen molar-refractivity contribution in [2.24, 2.45) is 0 Å². The molecule has 0 fully saturated rings. The summed E-state index contributed by atoms with van der Waals surface area (Å²) in [7, 11) is 2.06. The molecule has 76 valence electrons. The Morgan fingerprint density at radius 3 is 1.92 bits per heavy atom. The molecular formula is C10H25NO. The molecule has 0 saturated carbocycles. The SMILES string of the molecule is CC.CCN(C)CCC(C)(C)O. The Labute approximate surface area is 77.6 Å². The van der Waals surface area contributed by atoms with Crippen molar-refractivity contribution in [1.29, 1.82) is 0 Å². The molecule has 0 aliphatic carbocycles. The van der Waals surface area contributed by atoms with E-state index in [1.807, 2.05) is 27.7 Å². The van der Waals surface area contributed by atoms with Crippen molar-refractivity contribution < 1.29 is 5.11 Å². The summed E-state index contributed by atoms with van der Waals surface area (Å²) in [5, 5.41) is 9.34. The third-order valence-corrected chi connectivity index (χ3v) is 1.65. The zero-order valence-electron chi connectivity index (χ0n) is 9.52. The molecule has 0 atom stereocenters. The van der Waals surface area contributed by atoms with Gasteiger partial charge in [0, 0.05) is 6.54 Å². The Hall–Kier alpha value is -0.0800. The van der Waals surface area contributed by atoms with Crippen LogP contribution < -0.4 is 0 Å². The zero-order valence-corrected chi connectivity index (χ0v) is 9.52. The molecule has 0 saturated heterocycles. The highest BCUT2D eigenvalue weighted by Crippen LogP contribution is 2.06. The Morgan fingerprint density at radius 2 is 1.67 bits per heavy atom. The summed E-state index contributed by atoms with van der Waals surface area (Å²) in [5.41, 5.74) is -0.510. The number of nitrogens with zero attached hydrogens (tertiary/aromatic N) is 1. The van der Waals surface area contributed by atoms with Crippen molar-refractivity contribution in [3.05, 3.63) is 0 Å². The van der Waals surface area contributed by atoms with E-state index in [1.165, 1.54) is 0 Å². The average molecular weight is 175 g/mol. The molecule has 0 aromatic heterocycles. The number of rotatable bonds is 4. The Kier molecular flexibility index (Phi) is 9.10. The Bertz CT molecular complexity index is 86.3. The highest BCUT2D eigenvalue weighted by molar-refractivity contribution is 4.66. The van der Waals surface area contributed by atoms with Gasteiger partial charge in [0.15, 0.2) is 0 Å². The number of hydrogen-bond acceptors (Lipinski definition) is 2. The van der Waals surface area contributed by atoms with Gasteiger partial charge in [-0.15, -0.1) is 0 Å². The average Bonchev–Trinajstić information content (AvgIpc) is 2.03. The van der Waals surface area contributed by atoms with Gasteiger partial charge in [0.25, 0.3) is 0 Å². The van der Waals surface area contributed by atoms with Crippen molar-refractivity contribution in [3.63, 3.8) is 0 Å². The lowest BCUT2D eigenvalue weighted by Gasteiger charge is -2.21. The fourth-order valence-corrected chi connectivity index (χ4v) is 0.623. The van der Waals surface area contributed by atoms with E-state index in [1.54, 1.807) is 0 Å². The van der Waals surface area contributed by atoms with E-state index in [4.69, 9.17) is 0 Å². The standard InChI is InChI=1S/C8H19NO.C2H6/c1-5-9(4)7-6-8(2,3)10;1-2/h10H,5-7H2,1-4H3;1-2H3. The smallest absolute Gasteiger partial charge is 0.0603 e. The van der Waals surface area contributed by atoms with Crippen molar-refractivity contribution >= 4 is 0 Å². The molecular weight excluding hydrogens is 150 g/mol. The van der Waals surface area contributed by atoms with E-state index < -0.39 is 5.60 Å². The first-order valence-electron chi connectivity index (χ1n) is 4.86. The third kappa shape index (κ3) is 12.6. The molecule has 2 nitrogen and oxygen atoms in total. The minimum atomic E-state index is -0.510. The summed E-state index contributed by atoms with van der Waals surface area (Å²) in [6, 6.07) is 0. The molecule has 0 heterocycles. The topological polar surface area (TPSA) is 23.5 Å². The lowest BCUT2D eigenvalue weighted by Crippen LogP contribution is -2.28. The van der Waals surface area contributed by atoms with E-state index in [0.717, 1.165) is 19.5 Å². The summed E-state index contributed by atoms with van der Waals surface area (Å²) in [6.07, 6.45) is 0.845. The minimum Gasteiger partial charge on any atom is -0.390 e. The molecule has 0 aliphatic heterocycles. The maximum Gasteiger partial charge on any atom is 0.0603 e. The van der Waals surface area contributed by atoms with Crippen LogP contribution in [0.1, 0.15) is 41.0 Å². The van der Waals surface area contributed by atoms with E-state index in [0.29, 0.717) is 0 Å². The molecule has 0 rings (SSSR count). The summed E-state index contributed by atoms with van der Waals surface area (Å²) < 4.78 is 0. The van der Waals surface area contributed by atoms with Crippen LogP contribution in [0.5, 0.6) is 0 Å². The first kappa shape index (κ1) is 14.4. The third-order valence-electron chi connectivity index (χ3n) is 1.65. The molecule has 0 spiro atoms. The lowest BCUT2D eigenvalue weighted by atomic mass is 10.1. The fraction of sp³-hybridized carbons (Fsp3) is 1.00. The number of hydrogen-bond donors (Lipinski definition) is 1. The highest BCUT2D eigenvalue weighted by Gasteiger charge is 2.12. The first-order valence-corrected chi connectivity index (χ1v) is 4.86. The summed E-state index contributed by atoms with van der Waals surface area (Å²) in [4.78, 5) is 2.19. The zero-order chi connectivity index (χ0) is 10.2. The molecule has 12 heavy (non-hydrogen) atoms. The van der Waals surface area contributed by atoms with E-state index in [2.05, 4.69) is 18.9 Å². The van der Waals surface area contributed by atoms with Crippen LogP contribution in [-0.2, 0) is 0 Å². The summed E-state index contributed by atoms with van der Waals surface area (Å²) >= 11 is 0. The monoisotopic (exact) mass is 175 g/mol. The van der Waals surface area contributed by atoms with Crippen molar-refractivity contribution in [3.8, 4) is 0 Å².